The maximum atomic E-state index is 11.7. The molecule has 0 saturated carbocycles. The van der Waals surface area contributed by atoms with Crippen LogP contribution in [0.4, 0.5) is 0 Å². The smallest absolute Gasteiger partial charge is 0.334 e. The lowest BCUT2D eigenvalue weighted by Gasteiger charge is -2.09. The van der Waals surface area contributed by atoms with Crippen LogP contribution in [0.3, 0.4) is 0 Å². The van der Waals surface area contributed by atoms with Gasteiger partial charge in [0.1, 0.15) is 5.56 Å². The first-order valence-electron chi connectivity index (χ1n) is 5.09. The quantitative estimate of drug-likeness (QED) is 0.521. The molecule has 0 fully saturated rings. The molecule has 0 aliphatic rings. The number of hydrogen-bond donors (Lipinski definition) is 4. The van der Waals surface area contributed by atoms with Gasteiger partial charge in [-0.2, -0.15) is 5.10 Å². The fourth-order valence-electron chi connectivity index (χ4n) is 1.26. The molecule has 1 heterocycles. The fourth-order valence-corrected chi connectivity index (χ4v) is 1.26. The van der Waals surface area contributed by atoms with Crippen molar-refractivity contribution >= 4 is 11.9 Å². The lowest BCUT2D eigenvalue weighted by molar-refractivity contribution is -0.146. The lowest BCUT2D eigenvalue weighted by atomic mass is 10.1. The van der Waals surface area contributed by atoms with Gasteiger partial charge in [0.15, 0.2) is 6.10 Å². The van der Waals surface area contributed by atoms with Gasteiger partial charge in [0.25, 0.3) is 11.5 Å². The Kier molecular flexibility index (Phi) is 4.16. The predicted molar refractivity (Wildman–Crippen MR) is 60.3 cm³/mol. The topological polar surface area (TPSA) is 132 Å². The van der Waals surface area contributed by atoms with Crippen molar-refractivity contribution in [2.24, 2.45) is 0 Å². The van der Waals surface area contributed by atoms with Gasteiger partial charge >= 0.3 is 5.97 Å². The van der Waals surface area contributed by atoms with Crippen LogP contribution in [0.15, 0.2) is 4.79 Å². The normalized spacial score (nSPS) is 11.9. The van der Waals surface area contributed by atoms with Gasteiger partial charge in [0, 0.05) is 0 Å². The molecule has 0 aliphatic carbocycles. The van der Waals surface area contributed by atoms with E-state index in [1.807, 2.05) is 0 Å². The van der Waals surface area contributed by atoms with Crippen molar-refractivity contribution in [2.75, 3.05) is 6.54 Å². The molecule has 1 rings (SSSR count). The Balaban J connectivity index is 2.89. The number of aliphatic carboxylic acids is 1. The van der Waals surface area contributed by atoms with E-state index in [2.05, 4.69) is 15.5 Å². The van der Waals surface area contributed by atoms with Crippen molar-refractivity contribution in [3.63, 3.8) is 0 Å². The molecule has 1 atom stereocenters. The molecule has 0 unspecified atom stereocenters. The molecular weight excluding hydrogens is 242 g/mol. The SMILES string of the molecule is Cc1n[nH]c(=O)c(C(=O)NC[C@H](O)C(=O)O)c1C. The van der Waals surface area contributed by atoms with Crippen LogP contribution < -0.4 is 10.9 Å². The highest BCUT2D eigenvalue weighted by atomic mass is 16.4. The summed E-state index contributed by atoms with van der Waals surface area (Å²) >= 11 is 0. The summed E-state index contributed by atoms with van der Waals surface area (Å²) in [6, 6.07) is 0. The van der Waals surface area contributed by atoms with Crippen LogP contribution in [-0.2, 0) is 4.79 Å². The Morgan fingerprint density at radius 3 is 2.61 bits per heavy atom. The Labute approximate surface area is 102 Å². The maximum Gasteiger partial charge on any atom is 0.334 e. The van der Waals surface area contributed by atoms with E-state index in [1.165, 1.54) is 0 Å². The molecule has 0 spiro atoms. The van der Waals surface area contributed by atoms with Crippen molar-refractivity contribution in [1.29, 1.82) is 0 Å². The number of aromatic amines is 1. The first-order chi connectivity index (χ1) is 8.34. The summed E-state index contributed by atoms with van der Waals surface area (Å²) in [7, 11) is 0. The zero-order valence-electron chi connectivity index (χ0n) is 9.85. The molecule has 98 valence electrons. The van der Waals surface area contributed by atoms with Crippen LogP contribution in [0, 0.1) is 13.8 Å². The summed E-state index contributed by atoms with van der Waals surface area (Å²) in [4.78, 5) is 33.5. The monoisotopic (exact) mass is 255 g/mol. The van der Waals surface area contributed by atoms with E-state index in [0.29, 0.717) is 11.3 Å². The number of hydrogen-bond acceptors (Lipinski definition) is 5. The first kappa shape index (κ1) is 13.8. The summed E-state index contributed by atoms with van der Waals surface area (Å²) in [6.45, 7) is 2.70. The van der Waals surface area contributed by atoms with Crippen LogP contribution in [0.5, 0.6) is 0 Å². The van der Waals surface area contributed by atoms with Gasteiger partial charge in [0.2, 0.25) is 0 Å². The number of nitrogens with one attached hydrogen (secondary N) is 2. The van der Waals surface area contributed by atoms with E-state index in [4.69, 9.17) is 10.2 Å². The minimum Gasteiger partial charge on any atom is -0.479 e. The van der Waals surface area contributed by atoms with Gasteiger partial charge in [-0.25, -0.2) is 9.89 Å². The standard InChI is InChI=1S/C10H13N3O5/c1-4-5(2)12-13-9(16)7(4)8(15)11-3-6(14)10(17)18/h6,14H,3H2,1-2H3,(H,11,15)(H,13,16)(H,17,18)/t6-/m0/s1. The summed E-state index contributed by atoms with van der Waals surface area (Å²) in [5, 5.41) is 25.5. The second-order valence-corrected chi connectivity index (χ2v) is 3.70. The minimum absolute atomic E-state index is 0.139. The molecule has 4 N–H and O–H groups in total. The number of carbonyl (C=O) groups excluding carboxylic acids is 1. The van der Waals surface area contributed by atoms with Gasteiger partial charge < -0.3 is 15.5 Å². The molecule has 0 radical (unpaired) electrons. The van der Waals surface area contributed by atoms with E-state index in [9.17, 15) is 14.4 Å². The fraction of sp³-hybridized carbons (Fsp3) is 0.400. The van der Waals surface area contributed by atoms with Gasteiger partial charge in [-0.1, -0.05) is 0 Å². The van der Waals surface area contributed by atoms with Crippen molar-refractivity contribution in [3.8, 4) is 0 Å². The minimum atomic E-state index is -1.71. The van der Waals surface area contributed by atoms with Crippen molar-refractivity contribution in [1.82, 2.24) is 15.5 Å². The molecular formula is C10H13N3O5. The third kappa shape index (κ3) is 2.92. The molecule has 18 heavy (non-hydrogen) atoms. The van der Waals surface area contributed by atoms with Crippen LogP contribution in [0.1, 0.15) is 21.6 Å². The van der Waals surface area contributed by atoms with Gasteiger partial charge in [-0.15, -0.1) is 0 Å². The van der Waals surface area contributed by atoms with Crippen LogP contribution in [-0.4, -0.2) is 44.9 Å². The van der Waals surface area contributed by atoms with Gasteiger partial charge in [0.05, 0.1) is 12.2 Å². The maximum absolute atomic E-state index is 11.7. The number of carboxylic acids is 1. The van der Waals surface area contributed by atoms with Crippen molar-refractivity contribution < 1.29 is 19.8 Å². The molecule has 0 bridgehead atoms. The highest BCUT2D eigenvalue weighted by Crippen LogP contribution is 2.04. The highest BCUT2D eigenvalue weighted by molar-refractivity contribution is 5.95. The molecule has 0 aromatic carbocycles. The van der Waals surface area contributed by atoms with E-state index in [0.717, 1.165) is 0 Å². The first-order valence-corrected chi connectivity index (χ1v) is 5.09. The van der Waals surface area contributed by atoms with Crippen molar-refractivity contribution in [3.05, 3.63) is 27.2 Å². The van der Waals surface area contributed by atoms with Crippen molar-refractivity contribution in [2.45, 2.75) is 20.0 Å². The number of aliphatic hydroxyl groups excluding tert-OH is 1. The largest absolute Gasteiger partial charge is 0.479 e. The summed E-state index contributed by atoms with van der Waals surface area (Å²) in [5.74, 6) is -2.20. The van der Waals surface area contributed by atoms with Crippen LogP contribution in [0.2, 0.25) is 0 Å². The average molecular weight is 255 g/mol. The average Bonchev–Trinajstić information content (AvgIpc) is 2.31. The number of aromatic nitrogens is 2. The van der Waals surface area contributed by atoms with E-state index >= 15 is 0 Å². The molecule has 0 aliphatic heterocycles. The Bertz CT molecular complexity index is 537. The number of amides is 1. The number of aliphatic hydroxyl groups is 1. The van der Waals surface area contributed by atoms with E-state index in [1.54, 1.807) is 13.8 Å². The molecule has 8 nitrogen and oxygen atoms in total. The number of carbonyl (C=O) groups is 2. The predicted octanol–water partition coefficient (Wildman–Crippen LogP) is -1.44. The zero-order valence-corrected chi connectivity index (χ0v) is 9.85. The molecule has 1 amide bonds. The van der Waals surface area contributed by atoms with Crippen LogP contribution >= 0.6 is 0 Å². The third-order valence-electron chi connectivity index (χ3n) is 2.44. The second kappa shape index (κ2) is 5.41. The number of carboxylic acid groups (broad SMARTS) is 1. The third-order valence-corrected chi connectivity index (χ3v) is 2.44. The Hall–Kier alpha value is -2.22. The lowest BCUT2D eigenvalue weighted by Crippen LogP contribution is -2.39. The molecule has 8 heteroatoms. The van der Waals surface area contributed by atoms with E-state index < -0.39 is 30.1 Å². The summed E-state index contributed by atoms with van der Waals surface area (Å²) < 4.78 is 0. The Morgan fingerprint density at radius 1 is 1.44 bits per heavy atom. The molecule has 1 aromatic rings. The number of nitrogens with zero attached hydrogens (tertiary/aromatic N) is 1. The summed E-state index contributed by atoms with van der Waals surface area (Å²) in [6.07, 6.45) is -1.71. The second-order valence-electron chi connectivity index (χ2n) is 3.70. The van der Waals surface area contributed by atoms with Crippen LogP contribution in [0.25, 0.3) is 0 Å². The molecule has 0 saturated heterocycles. The highest BCUT2D eigenvalue weighted by Gasteiger charge is 2.19. The number of aryl methyl sites for hydroxylation is 1. The Morgan fingerprint density at radius 2 is 2.06 bits per heavy atom. The molecule has 1 aromatic heterocycles. The summed E-state index contributed by atoms with van der Waals surface area (Å²) in [5.41, 5.74) is 0.0834. The van der Waals surface area contributed by atoms with E-state index in [-0.39, 0.29) is 5.56 Å². The zero-order chi connectivity index (χ0) is 13.9. The van der Waals surface area contributed by atoms with Gasteiger partial charge in [-0.3, -0.25) is 9.59 Å². The number of H-pyrrole nitrogens is 1. The number of rotatable bonds is 4. The van der Waals surface area contributed by atoms with Gasteiger partial charge in [-0.05, 0) is 19.4 Å².